The first-order chi connectivity index (χ1) is 14.3. The molecule has 5 heteroatoms. The number of aliphatic hydroxyl groups is 1. The van der Waals surface area contributed by atoms with Crippen molar-refractivity contribution in [2.45, 2.75) is 70.1 Å². The molecule has 1 unspecified atom stereocenters. The van der Waals surface area contributed by atoms with E-state index in [-0.39, 0.29) is 22.9 Å². The fourth-order valence-electron chi connectivity index (χ4n) is 5.00. The molecule has 1 atom stereocenters. The summed E-state index contributed by atoms with van der Waals surface area (Å²) < 4.78 is 5.62. The molecule has 0 amide bonds. The van der Waals surface area contributed by atoms with Gasteiger partial charge in [-0.2, -0.15) is 0 Å². The lowest BCUT2D eigenvalue weighted by Crippen LogP contribution is -2.48. The summed E-state index contributed by atoms with van der Waals surface area (Å²) in [6.07, 6.45) is 6.75. The summed E-state index contributed by atoms with van der Waals surface area (Å²) in [5, 5.41) is 16.6. The quantitative estimate of drug-likeness (QED) is 0.469. The van der Waals surface area contributed by atoms with Gasteiger partial charge in [0.05, 0.1) is 6.61 Å². The van der Waals surface area contributed by atoms with Gasteiger partial charge >= 0.3 is 0 Å². The Bertz CT molecular complexity index is 694. The zero-order valence-electron chi connectivity index (χ0n) is 19.4. The Morgan fingerprint density at radius 3 is 2.27 bits per heavy atom. The second-order valence-electron chi connectivity index (χ2n) is 10.4. The largest absolute Gasteiger partial charge is 0.396 e. The van der Waals surface area contributed by atoms with Crippen LogP contribution in [-0.2, 0) is 15.6 Å². The number of aliphatic hydroxyl groups excluding tert-OH is 1. The van der Waals surface area contributed by atoms with E-state index >= 15 is 0 Å². The molecule has 168 valence electrons. The molecule has 0 spiro atoms. The number of benzene rings is 1. The molecule has 3 rings (SSSR count). The molecule has 1 heterocycles. The van der Waals surface area contributed by atoms with E-state index in [1.54, 1.807) is 0 Å². The van der Waals surface area contributed by atoms with Crippen molar-refractivity contribution in [1.82, 2.24) is 10.6 Å². The van der Waals surface area contributed by atoms with Gasteiger partial charge in [-0.15, -0.1) is 0 Å². The maximum atomic E-state index is 9.46. The Hall–Kier alpha value is -1.59. The topological polar surface area (TPSA) is 65.9 Å². The summed E-state index contributed by atoms with van der Waals surface area (Å²) in [6, 6.07) is 9.30. The van der Waals surface area contributed by atoms with Gasteiger partial charge < -0.3 is 20.5 Å². The highest BCUT2D eigenvalue weighted by atomic mass is 16.5. The van der Waals surface area contributed by atoms with Crippen molar-refractivity contribution in [3.63, 3.8) is 0 Å². The van der Waals surface area contributed by atoms with Crippen LogP contribution in [0.3, 0.4) is 0 Å². The van der Waals surface area contributed by atoms with Crippen LogP contribution in [-0.4, -0.2) is 51.0 Å². The van der Waals surface area contributed by atoms with Gasteiger partial charge in [0.2, 0.25) is 0 Å². The molecule has 2 fully saturated rings. The molecule has 2 aliphatic rings. The van der Waals surface area contributed by atoms with Crippen LogP contribution in [0, 0.1) is 5.41 Å². The van der Waals surface area contributed by atoms with Crippen LogP contribution in [0.2, 0.25) is 0 Å². The minimum atomic E-state index is 0.0141. The Morgan fingerprint density at radius 2 is 1.73 bits per heavy atom. The Balaban J connectivity index is 1.64. The molecule has 3 N–H and O–H groups in total. The normalized spacial score (nSPS) is 24.2. The number of rotatable bonds is 7. The average Bonchev–Trinajstić information content (AvgIpc) is 3.39. The predicted octanol–water partition coefficient (Wildman–Crippen LogP) is 3.75. The minimum absolute atomic E-state index is 0.0141. The van der Waals surface area contributed by atoms with Crippen molar-refractivity contribution in [2.75, 3.05) is 40.0 Å². The molecule has 0 radical (unpaired) electrons. The summed E-state index contributed by atoms with van der Waals surface area (Å²) in [4.78, 5) is 4.46. The highest BCUT2D eigenvalue weighted by molar-refractivity contribution is 5.79. The first-order valence-electron chi connectivity index (χ1n) is 11.6. The van der Waals surface area contributed by atoms with E-state index in [1.165, 1.54) is 36.8 Å². The third-order valence-electron chi connectivity index (χ3n) is 7.20. The van der Waals surface area contributed by atoms with E-state index in [1.807, 2.05) is 7.05 Å². The lowest BCUT2D eigenvalue weighted by atomic mass is 9.77. The van der Waals surface area contributed by atoms with E-state index in [2.05, 4.69) is 60.7 Å². The van der Waals surface area contributed by atoms with Crippen molar-refractivity contribution < 1.29 is 9.84 Å². The SMILES string of the molecule is CN=C(NCC1(CCO)CCOC1)NCC1(c2ccc(C(C)(C)C)cc2)CCCC1. The van der Waals surface area contributed by atoms with E-state index in [0.717, 1.165) is 38.5 Å². The number of nitrogens with one attached hydrogen (secondary N) is 2. The van der Waals surface area contributed by atoms with Gasteiger partial charge in [0, 0.05) is 44.2 Å². The summed E-state index contributed by atoms with van der Waals surface area (Å²) in [5.41, 5.74) is 3.20. The minimum Gasteiger partial charge on any atom is -0.396 e. The van der Waals surface area contributed by atoms with Gasteiger partial charge in [-0.3, -0.25) is 4.99 Å². The van der Waals surface area contributed by atoms with Crippen LogP contribution in [0.4, 0.5) is 0 Å². The molecule has 0 bridgehead atoms. The first kappa shape index (κ1) is 23.1. The van der Waals surface area contributed by atoms with Crippen molar-refractivity contribution in [1.29, 1.82) is 0 Å². The van der Waals surface area contributed by atoms with Crippen LogP contribution < -0.4 is 10.6 Å². The number of hydrogen-bond donors (Lipinski definition) is 3. The molecule has 5 nitrogen and oxygen atoms in total. The van der Waals surface area contributed by atoms with Crippen molar-refractivity contribution in [3.05, 3.63) is 35.4 Å². The molecule has 1 saturated heterocycles. The lowest BCUT2D eigenvalue weighted by molar-refractivity contribution is 0.127. The zero-order chi connectivity index (χ0) is 21.7. The Kier molecular flexibility index (Phi) is 7.46. The summed E-state index contributed by atoms with van der Waals surface area (Å²) in [7, 11) is 1.83. The third kappa shape index (κ3) is 5.36. The Morgan fingerprint density at radius 1 is 1.07 bits per heavy atom. The van der Waals surface area contributed by atoms with Crippen LogP contribution >= 0.6 is 0 Å². The summed E-state index contributed by atoms with van der Waals surface area (Å²) in [5.74, 6) is 0.844. The lowest BCUT2D eigenvalue weighted by Gasteiger charge is -2.32. The van der Waals surface area contributed by atoms with Crippen molar-refractivity contribution >= 4 is 5.96 Å². The predicted molar refractivity (Wildman–Crippen MR) is 124 cm³/mol. The van der Waals surface area contributed by atoms with Crippen molar-refractivity contribution in [2.24, 2.45) is 10.4 Å². The average molecular weight is 416 g/mol. The van der Waals surface area contributed by atoms with E-state index < -0.39 is 0 Å². The van der Waals surface area contributed by atoms with E-state index in [0.29, 0.717) is 6.61 Å². The highest BCUT2D eigenvalue weighted by Gasteiger charge is 2.37. The third-order valence-corrected chi connectivity index (χ3v) is 7.20. The highest BCUT2D eigenvalue weighted by Crippen LogP contribution is 2.41. The maximum absolute atomic E-state index is 9.46. The van der Waals surface area contributed by atoms with E-state index in [4.69, 9.17) is 4.74 Å². The molecule has 30 heavy (non-hydrogen) atoms. The standard InChI is InChI=1S/C25H41N3O2/c1-23(2,3)20-7-9-21(10-8-20)25(11-5-6-12-25)18-28-22(26-4)27-17-24(13-15-29)14-16-30-19-24/h7-10,29H,5-6,11-19H2,1-4H3,(H2,26,27,28). The fourth-order valence-corrected chi connectivity index (χ4v) is 5.00. The molecule has 1 aliphatic carbocycles. The molecule has 0 aromatic heterocycles. The van der Waals surface area contributed by atoms with Crippen LogP contribution in [0.1, 0.15) is 70.4 Å². The molecule has 1 aromatic rings. The smallest absolute Gasteiger partial charge is 0.191 e. The van der Waals surface area contributed by atoms with Crippen LogP contribution in [0.25, 0.3) is 0 Å². The van der Waals surface area contributed by atoms with Gasteiger partial charge in [-0.05, 0) is 42.2 Å². The van der Waals surface area contributed by atoms with Gasteiger partial charge in [-0.1, -0.05) is 57.9 Å². The fraction of sp³-hybridized carbons (Fsp3) is 0.720. The number of ether oxygens (including phenoxy) is 1. The first-order valence-corrected chi connectivity index (χ1v) is 11.6. The van der Waals surface area contributed by atoms with Crippen LogP contribution in [0.5, 0.6) is 0 Å². The Labute approximate surface area is 182 Å². The summed E-state index contributed by atoms with van der Waals surface area (Å²) >= 11 is 0. The second-order valence-corrected chi connectivity index (χ2v) is 10.4. The van der Waals surface area contributed by atoms with Gasteiger partial charge in [-0.25, -0.2) is 0 Å². The monoisotopic (exact) mass is 415 g/mol. The molecule has 1 aromatic carbocycles. The number of guanidine groups is 1. The number of aliphatic imine (C=N–C) groups is 1. The van der Waals surface area contributed by atoms with Crippen LogP contribution in [0.15, 0.2) is 29.3 Å². The zero-order valence-corrected chi connectivity index (χ0v) is 19.4. The van der Waals surface area contributed by atoms with Gasteiger partial charge in [0.25, 0.3) is 0 Å². The van der Waals surface area contributed by atoms with Gasteiger partial charge in [0.1, 0.15) is 0 Å². The van der Waals surface area contributed by atoms with Crippen molar-refractivity contribution in [3.8, 4) is 0 Å². The molecule has 1 saturated carbocycles. The molecule has 1 aliphatic heterocycles. The van der Waals surface area contributed by atoms with Gasteiger partial charge in [0.15, 0.2) is 5.96 Å². The molecular weight excluding hydrogens is 374 g/mol. The molecular formula is C25H41N3O2. The second kappa shape index (κ2) is 9.69. The number of nitrogens with zero attached hydrogens (tertiary/aromatic N) is 1. The maximum Gasteiger partial charge on any atom is 0.191 e. The summed E-state index contributed by atoms with van der Waals surface area (Å²) in [6.45, 7) is 10.2. The van der Waals surface area contributed by atoms with E-state index in [9.17, 15) is 5.11 Å². The number of hydrogen-bond acceptors (Lipinski definition) is 3.